The van der Waals surface area contributed by atoms with Crippen LogP contribution in [0.1, 0.15) is 16.5 Å². The van der Waals surface area contributed by atoms with Gasteiger partial charge in [-0.2, -0.15) is 5.26 Å². The van der Waals surface area contributed by atoms with Crippen molar-refractivity contribution in [2.24, 2.45) is 0 Å². The Hall–Kier alpha value is -3.06. The maximum Gasteiger partial charge on any atom is 0.277 e. The van der Waals surface area contributed by atoms with Gasteiger partial charge in [-0.05, 0) is 35.9 Å². The van der Waals surface area contributed by atoms with Crippen LogP contribution in [0.25, 0.3) is 15.8 Å². The number of allylic oxidation sites excluding steroid dienone is 1. The zero-order valence-electron chi connectivity index (χ0n) is 16.2. The molecule has 0 amide bonds. The molecular weight excluding hydrogens is 456 g/mol. The highest BCUT2D eigenvalue weighted by atomic mass is 35.5. The van der Waals surface area contributed by atoms with Crippen LogP contribution < -0.4 is 4.74 Å². The molecule has 0 radical (unpaired) electrons. The number of aliphatic hydroxyl groups excluding tert-OH is 1. The number of aliphatic hydroxyl groups is 1. The number of nitrogens with zero attached hydrogens (tertiary/aromatic N) is 4. The second-order valence-electron chi connectivity index (χ2n) is 6.34. The summed E-state index contributed by atoms with van der Waals surface area (Å²) in [5.74, 6) is 1.23. The van der Waals surface area contributed by atoms with Gasteiger partial charge in [-0.3, -0.25) is 0 Å². The molecule has 7 nitrogen and oxygen atoms in total. The Morgan fingerprint density at radius 1 is 1.26 bits per heavy atom. The SMILES string of the molecule is COc1ccc(Cc2nnc(SC/C(O)=C(\C#N)c3nc4cc(Cl)ccc4s3)o2)cc1. The van der Waals surface area contributed by atoms with Crippen LogP contribution in [0.15, 0.2) is 57.9 Å². The fourth-order valence-electron chi connectivity index (χ4n) is 2.73. The van der Waals surface area contributed by atoms with Crippen molar-refractivity contribution in [2.45, 2.75) is 11.6 Å². The third kappa shape index (κ3) is 4.99. The van der Waals surface area contributed by atoms with E-state index < -0.39 is 0 Å². The predicted octanol–water partition coefficient (Wildman–Crippen LogP) is 5.52. The normalized spacial score (nSPS) is 11.9. The van der Waals surface area contributed by atoms with Crippen molar-refractivity contribution in [3.05, 3.63) is 69.7 Å². The Balaban J connectivity index is 1.44. The van der Waals surface area contributed by atoms with E-state index in [0.717, 1.165) is 27.8 Å². The first-order valence-electron chi connectivity index (χ1n) is 9.02. The maximum absolute atomic E-state index is 10.5. The molecule has 0 bridgehead atoms. The summed E-state index contributed by atoms with van der Waals surface area (Å²) >= 11 is 8.46. The monoisotopic (exact) mass is 470 g/mol. The van der Waals surface area contributed by atoms with Gasteiger partial charge >= 0.3 is 0 Å². The first kappa shape index (κ1) is 21.2. The fourth-order valence-corrected chi connectivity index (χ4v) is 4.52. The average Bonchev–Trinajstić information content (AvgIpc) is 3.39. The molecule has 2 heterocycles. The Morgan fingerprint density at radius 2 is 2.06 bits per heavy atom. The minimum atomic E-state index is -0.104. The molecule has 4 rings (SSSR count). The van der Waals surface area contributed by atoms with Crippen molar-refractivity contribution in [3.8, 4) is 11.8 Å². The number of ether oxygens (including phenoxy) is 1. The number of thioether (sulfide) groups is 1. The lowest BCUT2D eigenvalue weighted by molar-refractivity contribution is 0.410. The van der Waals surface area contributed by atoms with Gasteiger partial charge in [0.2, 0.25) is 5.89 Å². The first-order chi connectivity index (χ1) is 15.1. The van der Waals surface area contributed by atoms with Gasteiger partial charge in [0, 0.05) is 5.02 Å². The third-order valence-corrected chi connectivity index (χ3v) is 6.38. The van der Waals surface area contributed by atoms with Crippen molar-refractivity contribution in [1.29, 1.82) is 5.26 Å². The van der Waals surface area contributed by atoms with Crippen LogP contribution in [0.5, 0.6) is 5.75 Å². The van der Waals surface area contributed by atoms with Crippen molar-refractivity contribution in [1.82, 2.24) is 15.2 Å². The Kier molecular flexibility index (Phi) is 6.42. The van der Waals surface area contributed by atoms with Crippen molar-refractivity contribution in [2.75, 3.05) is 12.9 Å². The molecule has 0 aliphatic carbocycles. The van der Waals surface area contributed by atoms with E-state index in [0.29, 0.717) is 33.1 Å². The molecule has 4 aromatic rings. The van der Waals surface area contributed by atoms with E-state index in [1.54, 1.807) is 19.2 Å². The second kappa shape index (κ2) is 9.39. The average molecular weight is 471 g/mol. The standard InChI is InChI=1S/C21H15ClN4O3S2/c1-28-14-5-2-12(3-6-14)8-19-25-26-21(29-19)30-11-17(27)15(10-23)20-24-16-9-13(22)4-7-18(16)31-20/h2-7,9,27H,8,11H2,1H3/b17-15-. The lowest BCUT2D eigenvalue weighted by Gasteiger charge is -2.01. The molecule has 2 aromatic heterocycles. The summed E-state index contributed by atoms with van der Waals surface area (Å²) in [7, 11) is 1.62. The van der Waals surface area contributed by atoms with Gasteiger partial charge < -0.3 is 14.3 Å². The molecule has 2 aromatic carbocycles. The van der Waals surface area contributed by atoms with Crippen molar-refractivity contribution >= 4 is 50.5 Å². The molecule has 0 fully saturated rings. The number of hydrogen-bond donors (Lipinski definition) is 1. The summed E-state index contributed by atoms with van der Waals surface area (Å²) in [6, 6.07) is 14.9. The van der Waals surface area contributed by atoms with E-state index >= 15 is 0 Å². The van der Waals surface area contributed by atoms with Crippen LogP contribution in [0.4, 0.5) is 0 Å². The van der Waals surface area contributed by atoms with E-state index in [1.807, 2.05) is 36.4 Å². The molecule has 1 N–H and O–H groups in total. The van der Waals surface area contributed by atoms with Crippen LogP contribution in [0.2, 0.25) is 5.02 Å². The number of nitriles is 1. The number of fused-ring (bicyclic) bond motifs is 1. The zero-order valence-corrected chi connectivity index (χ0v) is 18.6. The molecule has 0 aliphatic rings. The lowest BCUT2D eigenvalue weighted by Crippen LogP contribution is -1.93. The van der Waals surface area contributed by atoms with E-state index in [9.17, 15) is 10.4 Å². The molecule has 0 unspecified atom stereocenters. The molecule has 10 heteroatoms. The van der Waals surface area contributed by atoms with Crippen LogP contribution in [0, 0.1) is 11.3 Å². The first-order valence-corrected chi connectivity index (χ1v) is 11.2. The predicted molar refractivity (Wildman–Crippen MR) is 121 cm³/mol. The molecule has 31 heavy (non-hydrogen) atoms. The minimum absolute atomic E-state index is 0.101. The van der Waals surface area contributed by atoms with Gasteiger partial charge in [0.05, 0.1) is 29.5 Å². The summed E-state index contributed by atoms with van der Waals surface area (Å²) in [5.41, 5.74) is 1.80. The Labute approximate surface area is 191 Å². The largest absolute Gasteiger partial charge is 0.510 e. The lowest BCUT2D eigenvalue weighted by atomic mass is 10.1. The second-order valence-corrected chi connectivity index (χ2v) is 8.73. The molecule has 0 saturated carbocycles. The van der Waals surface area contributed by atoms with Gasteiger partial charge in [-0.15, -0.1) is 21.5 Å². The van der Waals surface area contributed by atoms with Crippen LogP contribution in [0.3, 0.4) is 0 Å². The summed E-state index contributed by atoms with van der Waals surface area (Å²) in [6.45, 7) is 0. The number of benzene rings is 2. The summed E-state index contributed by atoms with van der Waals surface area (Å²) in [6.07, 6.45) is 0.483. The smallest absolute Gasteiger partial charge is 0.277 e. The topological polar surface area (TPSA) is 105 Å². The van der Waals surface area contributed by atoms with Gasteiger partial charge in [-0.25, -0.2) is 4.98 Å². The van der Waals surface area contributed by atoms with E-state index in [4.69, 9.17) is 20.8 Å². The Morgan fingerprint density at radius 3 is 2.81 bits per heavy atom. The highest BCUT2D eigenvalue weighted by molar-refractivity contribution is 7.99. The zero-order chi connectivity index (χ0) is 21.8. The van der Waals surface area contributed by atoms with Gasteiger partial charge in [0.25, 0.3) is 5.22 Å². The molecular formula is C21H15ClN4O3S2. The number of halogens is 1. The van der Waals surface area contributed by atoms with E-state index in [2.05, 4.69) is 15.2 Å². The van der Waals surface area contributed by atoms with E-state index in [-0.39, 0.29) is 17.1 Å². The number of hydrogen-bond acceptors (Lipinski definition) is 9. The highest BCUT2D eigenvalue weighted by Crippen LogP contribution is 2.31. The van der Waals surface area contributed by atoms with Gasteiger partial charge in [-0.1, -0.05) is 35.5 Å². The molecule has 0 aliphatic heterocycles. The van der Waals surface area contributed by atoms with Gasteiger partial charge in [0.1, 0.15) is 28.2 Å². The van der Waals surface area contributed by atoms with E-state index in [1.165, 1.54) is 11.3 Å². The molecule has 156 valence electrons. The number of aromatic nitrogens is 3. The minimum Gasteiger partial charge on any atom is -0.510 e. The van der Waals surface area contributed by atoms with Crippen LogP contribution in [-0.4, -0.2) is 33.2 Å². The van der Waals surface area contributed by atoms with Crippen molar-refractivity contribution in [3.63, 3.8) is 0 Å². The third-order valence-electron chi connectivity index (χ3n) is 4.26. The molecule has 0 atom stereocenters. The van der Waals surface area contributed by atoms with Gasteiger partial charge in [0.15, 0.2) is 0 Å². The van der Waals surface area contributed by atoms with Crippen LogP contribution in [-0.2, 0) is 6.42 Å². The molecule has 0 spiro atoms. The number of methoxy groups -OCH3 is 1. The quantitative estimate of drug-likeness (QED) is 0.214. The fraction of sp³-hybridized carbons (Fsp3) is 0.143. The summed E-state index contributed by atoms with van der Waals surface area (Å²) in [5, 5.41) is 29.3. The van der Waals surface area contributed by atoms with Crippen molar-refractivity contribution < 1.29 is 14.3 Å². The Bertz CT molecular complexity index is 1290. The maximum atomic E-state index is 10.5. The number of thiazole rings is 1. The number of rotatable bonds is 7. The van der Waals surface area contributed by atoms with Crippen LogP contribution >= 0.6 is 34.7 Å². The summed E-state index contributed by atoms with van der Waals surface area (Å²) in [4.78, 5) is 4.41. The highest BCUT2D eigenvalue weighted by Gasteiger charge is 2.16. The molecule has 0 saturated heterocycles. The summed E-state index contributed by atoms with van der Waals surface area (Å²) < 4.78 is 11.7.